The van der Waals surface area contributed by atoms with Gasteiger partial charge in [-0.15, -0.1) is 0 Å². The van der Waals surface area contributed by atoms with Gasteiger partial charge in [0.25, 0.3) is 26.9 Å². The fourth-order valence-electron chi connectivity index (χ4n) is 22.7. The van der Waals surface area contributed by atoms with Gasteiger partial charge in [-0.25, -0.2) is 0 Å². The Kier molecular flexibility index (Phi) is 15.8. The third-order valence-electron chi connectivity index (χ3n) is 27.6. The van der Waals surface area contributed by atoms with Gasteiger partial charge in [-0.1, -0.05) is 267 Å². The number of para-hydroxylation sites is 14. The van der Waals surface area contributed by atoms with Gasteiger partial charge in [0.2, 0.25) is 0 Å². The number of nitrogens with zero attached hydrogens (tertiary/aromatic N) is 9. The van der Waals surface area contributed by atoms with Crippen molar-refractivity contribution in [2.45, 2.75) is 0 Å². The van der Waals surface area contributed by atoms with Gasteiger partial charge in [0, 0.05) is 142 Å². The van der Waals surface area contributed by atoms with Crippen molar-refractivity contribution < 1.29 is 0 Å². The van der Waals surface area contributed by atoms with E-state index < -0.39 is 0 Å². The van der Waals surface area contributed by atoms with E-state index in [-0.39, 0.29) is 26.9 Å². The molecule has 588 valence electrons. The van der Waals surface area contributed by atoms with E-state index in [4.69, 9.17) is 0 Å². The number of hydrogen-bond acceptors (Lipinski definition) is 9. The normalized spacial score (nSPS) is 13.7. The SMILES string of the molecule is c1ccc(N(c2ccccc2)c2cc3c4c(c2)N(c2ccccc2)c2cc5c(cc2B4c2ccccc2N3c2ccccc2)B2c3ccccc3N3c4ccccc4B4c6cc7c(cc6N(c6ccccc6)c6cc(c2c3c64)N5c2ccccc2)N(c2ccccc2)c2cc(N(c3ccccc3)c3ccccc3)cc3c2B7c2ccccc2N3c2ccccc2)cc1. The first kappa shape index (κ1) is 71.2. The van der Waals surface area contributed by atoms with Crippen LogP contribution in [0.5, 0.6) is 0 Å². The Hall–Kier alpha value is -16.4. The second-order valence-electron chi connectivity index (χ2n) is 34.2. The molecule has 13 heteroatoms. The highest BCUT2D eigenvalue weighted by molar-refractivity contribution is 7.07. The molecule has 0 atom stereocenters. The molecule has 0 bridgehead atoms. The molecule has 19 aromatic rings. The van der Waals surface area contributed by atoms with E-state index in [1.807, 2.05) is 0 Å². The van der Waals surface area contributed by atoms with Crippen molar-refractivity contribution in [3.05, 3.63) is 455 Å². The van der Waals surface area contributed by atoms with Crippen LogP contribution in [0, 0.1) is 0 Å². The molecule has 0 radical (unpaired) electrons. The van der Waals surface area contributed by atoms with Crippen molar-refractivity contribution in [1.29, 1.82) is 0 Å². The van der Waals surface area contributed by atoms with Crippen LogP contribution in [0.2, 0.25) is 0 Å². The van der Waals surface area contributed by atoms with Crippen molar-refractivity contribution in [3.63, 3.8) is 0 Å². The molecule has 27 rings (SSSR count). The molecule has 0 saturated heterocycles. The summed E-state index contributed by atoms with van der Waals surface area (Å²) in [6.45, 7) is -0.906. The third kappa shape index (κ3) is 10.5. The zero-order valence-corrected chi connectivity index (χ0v) is 69.1. The number of rotatable bonds is 12. The van der Waals surface area contributed by atoms with E-state index >= 15 is 0 Å². The average molecular weight is 1610 g/mol. The Balaban J connectivity index is 0.742. The van der Waals surface area contributed by atoms with Crippen LogP contribution in [0.25, 0.3) is 0 Å². The van der Waals surface area contributed by atoms with Crippen LogP contribution in [0.3, 0.4) is 0 Å². The molecular weight excluding hydrogens is 1540 g/mol. The maximum Gasteiger partial charge on any atom is 0.252 e. The lowest BCUT2D eigenvalue weighted by molar-refractivity contribution is 1.21. The summed E-state index contributed by atoms with van der Waals surface area (Å²) >= 11 is 0. The number of anilines is 27. The van der Waals surface area contributed by atoms with Crippen molar-refractivity contribution in [2.75, 3.05) is 44.1 Å². The summed E-state index contributed by atoms with van der Waals surface area (Å²) in [5.41, 5.74) is 45.1. The molecule has 0 N–H and O–H groups in total. The fraction of sp³-hybridized carbons (Fsp3) is 0. The molecule has 0 saturated carbocycles. The minimum atomic E-state index is -0.243. The molecule has 0 aromatic heterocycles. The summed E-state index contributed by atoms with van der Waals surface area (Å²) in [6.07, 6.45) is 0. The van der Waals surface area contributed by atoms with Crippen molar-refractivity contribution >= 4 is 246 Å². The number of benzene rings is 19. The highest BCUT2D eigenvalue weighted by Gasteiger charge is 2.55. The average Bonchev–Trinajstić information content (AvgIpc) is 0.570. The summed E-state index contributed by atoms with van der Waals surface area (Å²) in [5.74, 6) is 0. The van der Waals surface area contributed by atoms with Gasteiger partial charge in [0.05, 0.1) is 11.4 Å². The zero-order valence-electron chi connectivity index (χ0n) is 69.1. The first-order valence-corrected chi connectivity index (χ1v) is 44.1. The molecule has 9 nitrogen and oxygen atoms in total. The van der Waals surface area contributed by atoms with E-state index in [1.54, 1.807) is 0 Å². The number of hydrogen-bond donors (Lipinski definition) is 0. The maximum atomic E-state index is 2.69. The monoisotopic (exact) mass is 1610 g/mol. The van der Waals surface area contributed by atoms with Crippen LogP contribution < -0.4 is 110 Å². The molecule has 0 amide bonds. The van der Waals surface area contributed by atoms with Gasteiger partial charge in [-0.05, 0) is 254 Å². The van der Waals surface area contributed by atoms with E-state index in [2.05, 4.69) is 499 Å². The molecule has 8 aliphatic heterocycles. The Morgan fingerprint density at radius 1 is 0.134 bits per heavy atom. The molecule has 8 heterocycles. The highest BCUT2D eigenvalue weighted by atomic mass is 15.3. The lowest BCUT2D eigenvalue weighted by Gasteiger charge is -2.52. The lowest BCUT2D eigenvalue weighted by atomic mass is 9.27. The third-order valence-corrected chi connectivity index (χ3v) is 27.6. The molecule has 8 aliphatic rings. The second kappa shape index (κ2) is 28.1. The van der Waals surface area contributed by atoms with Crippen LogP contribution in [0.4, 0.5) is 154 Å². The topological polar surface area (TPSA) is 29.2 Å². The molecule has 0 aliphatic carbocycles. The van der Waals surface area contributed by atoms with Crippen molar-refractivity contribution in [3.8, 4) is 0 Å². The lowest BCUT2D eigenvalue weighted by Crippen LogP contribution is -2.70. The Bertz CT molecular complexity index is 7130. The largest absolute Gasteiger partial charge is 0.312 e. The van der Waals surface area contributed by atoms with Gasteiger partial charge < -0.3 is 44.1 Å². The quantitative estimate of drug-likeness (QED) is 0.111. The second-order valence-corrected chi connectivity index (χ2v) is 34.2. The van der Waals surface area contributed by atoms with Gasteiger partial charge in [0.15, 0.2) is 0 Å². The molecule has 0 spiro atoms. The van der Waals surface area contributed by atoms with Gasteiger partial charge in [-0.3, -0.25) is 0 Å². The number of fused-ring (bicyclic) bond motifs is 18. The first-order chi connectivity index (χ1) is 63.1. The van der Waals surface area contributed by atoms with Crippen LogP contribution in [-0.4, -0.2) is 26.9 Å². The predicted molar refractivity (Wildman–Crippen MR) is 537 cm³/mol. The van der Waals surface area contributed by atoms with E-state index in [0.29, 0.717) is 0 Å². The minimum absolute atomic E-state index is 0.210. The van der Waals surface area contributed by atoms with E-state index in [0.717, 1.165) is 136 Å². The Morgan fingerprint density at radius 3 is 0.575 bits per heavy atom. The summed E-state index contributed by atoms with van der Waals surface area (Å²) < 4.78 is 0. The van der Waals surface area contributed by atoms with Gasteiger partial charge in [0.1, 0.15) is 0 Å². The van der Waals surface area contributed by atoms with Crippen LogP contribution in [-0.2, 0) is 0 Å². The van der Waals surface area contributed by atoms with Gasteiger partial charge >= 0.3 is 0 Å². The maximum absolute atomic E-state index is 2.69. The van der Waals surface area contributed by atoms with E-state index in [1.165, 1.54) is 82.6 Å². The molecule has 19 aromatic carbocycles. The summed E-state index contributed by atoms with van der Waals surface area (Å²) in [5, 5.41) is 0. The minimum Gasteiger partial charge on any atom is -0.312 e. The fourth-order valence-corrected chi connectivity index (χ4v) is 22.7. The molecule has 0 unspecified atom stereocenters. The standard InChI is InChI=1S/C114H75B4N9/c1-11-39-76(40-12-1)119(77-41-13-2-14-42-77)86-67-104-110-106(69-86)123(82-51-23-7-24-52-82)100-73-102-94(71-92(100)115(110)88-59-31-35-63-96(88)121(104)80-47-19-5-20-48-80)117-90-61-33-37-65-98(90)127-99-66-38-34-62-91(99)118-95-72-93-101(74-103(95)126(85-57-29-10-30-58-85)109-75-108(112(117)114(127)113(109)118)125(102)84-55-27-9-28-56-84)124(83-53-25-8-26-54-83)107-70-87(120(78-43-15-3-16-44-78)79-45-17-4-18-46-79)68-105-111(107)116(93)89-60-32-36-64-97(89)122(105)81-49-21-6-22-50-81/h1-75H. The zero-order chi connectivity index (χ0) is 83.1. The highest BCUT2D eigenvalue weighted by Crippen LogP contribution is 2.56. The predicted octanol–water partition coefficient (Wildman–Crippen LogP) is 21.5. The van der Waals surface area contributed by atoms with Crippen molar-refractivity contribution in [2.24, 2.45) is 0 Å². The van der Waals surface area contributed by atoms with Crippen molar-refractivity contribution in [1.82, 2.24) is 0 Å². The summed E-state index contributed by atoms with van der Waals surface area (Å²) in [7, 11) is 0. The van der Waals surface area contributed by atoms with Crippen LogP contribution in [0.1, 0.15) is 0 Å². The van der Waals surface area contributed by atoms with E-state index in [9.17, 15) is 0 Å². The summed E-state index contributed by atoms with van der Waals surface area (Å²) in [6, 6.07) is 171. The van der Waals surface area contributed by atoms with Crippen LogP contribution in [0.15, 0.2) is 455 Å². The van der Waals surface area contributed by atoms with Crippen LogP contribution >= 0.6 is 0 Å². The Labute approximate surface area is 740 Å². The molecule has 127 heavy (non-hydrogen) atoms. The van der Waals surface area contributed by atoms with Gasteiger partial charge in [-0.2, -0.15) is 0 Å². The Morgan fingerprint density at radius 2 is 0.323 bits per heavy atom. The molecular formula is C114H75B4N9. The smallest absolute Gasteiger partial charge is 0.252 e. The molecule has 0 fully saturated rings. The first-order valence-electron chi connectivity index (χ1n) is 44.1. The summed E-state index contributed by atoms with van der Waals surface area (Å²) in [4.78, 5) is 23.2.